The Morgan fingerprint density at radius 2 is 2.00 bits per heavy atom. The number of ether oxygens (including phenoxy) is 1. The summed E-state index contributed by atoms with van der Waals surface area (Å²) in [6, 6.07) is 11.7. The molecule has 3 N–H and O–H groups in total. The number of carbonyl (C=O) groups excluding carboxylic acids is 1. The van der Waals surface area contributed by atoms with Crippen molar-refractivity contribution in [3.05, 3.63) is 60.0 Å². The fraction of sp³-hybridized carbons (Fsp3) is 0.300. The Morgan fingerprint density at radius 1 is 1.27 bits per heavy atom. The SMILES string of the molecule is C[C@@H](c1ccc(-c2ccc(N)nc2)cc1)N1CCC(=CCCO)OC1=O. The minimum atomic E-state index is -0.347. The number of anilines is 1. The largest absolute Gasteiger partial charge is 0.415 e. The maximum atomic E-state index is 12.3. The number of hydrogen-bond acceptors (Lipinski definition) is 5. The van der Waals surface area contributed by atoms with Gasteiger partial charge in [0, 0.05) is 31.3 Å². The highest BCUT2D eigenvalue weighted by atomic mass is 16.6. The fourth-order valence-corrected chi connectivity index (χ4v) is 2.97. The number of rotatable bonds is 5. The Labute approximate surface area is 152 Å². The van der Waals surface area contributed by atoms with E-state index >= 15 is 0 Å². The zero-order chi connectivity index (χ0) is 18.5. The molecule has 2 aromatic rings. The normalized spacial score (nSPS) is 17.2. The molecule has 1 atom stereocenters. The highest BCUT2D eigenvalue weighted by Gasteiger charge is 2.28. The molecule has 1 fully saturated rings. The molecule has 1 aliphatic rings. The molecule has 0 aliphatic carbocycles. The summed E-state index contributed by atoms with van der Waals surface area (Å²) in [6.45, 7) is 2.64. The number of benzene rings is 1. The third-order valence-electron chi connectivity index (χ3n) is 4.53. The Balaban J connectivity index is 1.69. The lowest BCUT2D eigenvalue weighted by atomic mass is 10.0. The number of hydrogen-bond donors (Lipinski definition) is 2. The van der Waals surface area contributed by atoms with Gasteiger partial charge in [0.15, 0.2) is 0 Å². The first-order valence-corrected chi connectivity index (χ1v) is 8.68. The van der Waals surface area contributed by atoms with Crippen molar-refractivity contribution in [1.29, 1.82) is 0 Å². The van der Waals surface area contributed by atoms with Gasteiger partial charge in [0.2, 0.25) is 0 Å². The molecular weight excluding hydrogens is 330 g/mol. The number of carbonyl (C=O) groups is 1. The van der Waals surface area contributed by atoms with Crippen LogP contribution in [-0.4, -0.2) is 34.2 Å². The first-order chi connectivity index (χ1) is 12.6. The molecule has 26 heavy (non-hydrogen) atoms. The van der Waals surface area contributed by atoms with E-state index in [1.54, 1.807) is 23.2 Å². The van der Waals surface area contributed by atoms with E-state index in [4.69, 9.17) is 15.6 Å². The summed E-state index contributed by atoms with van der Waals surface area (Å²) in [6.07, 6.45) is 4.33. The molecule has 0 saturated carbocycles. The van der Waals surface area contributed by atoms with Crippen molar-refractivity contribution in [3.8, 4) is 11.1 Å². The predicted octanol–water partition coefficient (Wildman–Crippen LogP) is 3.50. The fourth-order valence-electron chi connectivity index (χ4n) is 2.97. The van der Waals surface area contributed by atoms with E-state index in [2.05, 4.69) is 4.98 Å². The average molecular weight is 353 g/mol. The van der Waals surface area contributed by atoms with Crippen molar-refractivity contribution in [2.45, 2.75) is 25.8 Å². The monoisotopic (exact) mass is 353 g/mol. The number of aliphatic hydroxyl groups excluding tert-OH is 1. The number of amides is 1. The van der Waals surface area contributed by atoms with Gasteiger partial charge in [-0.1, -0.05) is 24.3 Å². The summed E-state index contributed by atoms with van der Waals surface area (Å²) in [7, 11) is 0. The molecule has 6 heteroatoms. The molecule has 0 unspecified atom stereocenters. The van der Waals surface area contributed by atoms with Gasteiger partial charge in [-0.15, -0.1) is 0 Å². The lowest BCUT2D eigenvalue weighted by Crippen LogP contribution is -2.38. The van der Waals surface area contributed by atoms with Gasteiger partial charge in [0.05, 0.1) is 6.04 Å². The second kappa shape index (κ2) is 8.01. The number of pyridine rings is 1. The topological polar surface area (TPSA) is 88.7 Å². The molecule has 0 bridgehead atoms. The number of nitrogens with zero attached hydrogens (tertiary/aromatic N) is 2. The van der Waals surface area contributed by atoms with Crippen LogP contribution in [0.2, 0.25) is 0 Å². The highest BCUT2D eigenvalue weighted by Crippen LogP contribution is 2.28. The van der Waals surface area contributed by atoms with Crippen molar-refractivity contribution < 1.29 is 14.6 Å². The first-order valence-electron chi connectivity index (χ1n) is 8.68. The second-order valence-electron chi connectivity index (χ2n) is 6.26. The van der Waals surface area contributed by atoms with Gasteiger partial charge >= 0.3 is 6.09 Å². The standard InChI is InChI=1S/C20H23N3O3/c1-14(23-11-10-18(3-2-12-24)26-20(23)25)15-4-6-16(7-5-15)17-8-9-19(21)22-13-17/h3-9,13-14,24H,2,10-12H2,1H3,(H2,21,22)/t14-/m0/s1. The maximum absolute atomic E-state index is 12.3. The molecule has 6 nitrogen and oxygen atoms in total. The van der Waals surface area contributed by atoms with Crippen LogP contribution in [0.15, 0.2) is 54.4 Å². The van der Waals surface area contributed by atoms with Crippen LogP contribution in [0.1, 0.15) is 31.4 Å². The van der Waals surface area contributed by atoms with Gasteiger partial charge < -0.3 is 20.5 Å². The molecule has 136 valence electrons. The quantitative estimate of drug-likeness (QED) is 0.859. The number of aromatic nitrogens is 1. The minimum Gasteiger partial charge on any atom is -0.415 e. The van der Waals surface area contributed by atoms with Crippen LogP contribution in [0, 0.1) is 0 Å². The lowest BCUT2D eigenvalue weighted by Gasteiger charge is -2.33. The Hall–Kier alpha value is -2.86. The van der Waals surface area contributed by atoms with E-state index in [1.807, 2.05) is 37.3 Å². The molecule has 0 radical (unpaired) electrons. The third kappa shape index (κ3) is 4.03. The smallest absolute Gasteiger partial charge is 0.415 e. The summed E-state index contributed by atoms with van der Waals surface area (Å²) in [5.41, 5.74) is 8.70. The van der Waals surface area contributed by atoms with Crippen LogP contribution in [0.5, 0.6) is 0 Å². The van der Waals surface area contributed by atoms with E-state index in [0.29, 0.717) is 31.0 Å². The van der Waals surface area contributed by atoms with Crippen LogP contribution in [0.3, 0.4) is 0 Å². The van der Waals surface area contributed by atoms with Gasteiger partial charge in [-0.25, -0.2) is 9.78 Å². The summed E-state index contributed by atoms with van der Waals surface area (Å²) < 4.78 is 5.36. The molecule has 0 spiro atoms. The second-order valence-corrected chi connectivity index (χ2v) is 6.26. The van der Waals surface area contributed by atoms with E-state index < -0.39 is 0 Å². The van der Waals surface area contributed by atoms with Crippen molar-refractivity contribution in [1.82, 2.24) is 9.88 Å². The number of nitrogens with two attached hydrogens (primary N) is 1. The van der Waals surface area contributed by atoms with E-state index in [0.717, 1.165) is 16.7 Å². The molecule has 3 rings (SSSR count). The first kappa shape index (κ1) is 17.9. The van der Waals surface area contributed by atoms with Gasteiger partial charge in [0.25, 0.3) is 0 Å². The van der Waals surface area contributed by atoms with E-state index in [9.17, 15) is 4.79 Å². The van der Waals surface area contributed by atoms with Gasteiger partial charge in [-0.3, -0.25) is 0 Å². The van der Waals surface area contributed by atoms with Crippen LogP contribution in [-0.2, 0) is 4.74 Å². The minimum absolute atomic E-state index is 0.0526. The van der Waals surface area contributed by atoms with Crippen LogP contribution < -0.4 is 5.73 Å². The number of aliphatic hydroxyl groups is 1. The highest BCUT2D eigenvalue weighted by molar-refractivity contribution is 5.71. The third-order valence-corrected chi connectivity index (χ3v) is 4.53. The maximum Gasteiger partial charge on any atom is 0.415 e. The zero-order valence-electron chi connectivity index (χ0n) is 14.8. The van der Waals surface area contributed by atoms with Crippen molar-refractivity contribution >= 4 is 11.9 Å². The van der Waals surface area contributed by atoms with Crippen molar-refractivity contribution in [2.75, 3.05) is 18.9 Å². The summed E-state index contributed by atoms with van der Waals surface area (Å²) in [4.78, 5) is 18.1. The Bertz CT molecular complexity index is 785. The van der Waals surface area contributed by atoms with E-state index in [-0.39, 0.29) is 18.7 Å². The molecule has 1 aromatic heterocycles. The summed E-state index contributed by atoms with van der Waals surface area (Å²) in [5, 5.41) is 8.86. The molecule has 2 heterocycles. The van der Waals surface area contributed by atoms with Gasteiger partial charge in [-0.2, -0.15) is 0 Å². The molecule has 1 aromatic carbocycles. The predicted molar refractivity (Wildman–Crippen MR) is 100 cm³/mol. The lowest BCUT2D eigenvalue weighted by molar-refractivity contribution is 0.0874. The van der Waals surface area contributed by atoms with Gasteiger partial charge in [0.1, 0.15) is 11.6 Å². The molecule has 1 saturated heterocycles. The zero-order valence-corrected chi connectivity index (χ0v) is 14.8. The molecular formula is C20H23N3O3. The van der Waals surface area contributed by atoms with Crippen LogP contribution in [0.25, 0.3) is 11.1 Å². The van der Waals surface area contributed by atoms with Gasteiger partial charge in [-0.05, 0) is 42.7 Å². The number of cyclic esters (lactones) is 1. The van der Waals surface area contributed by atoms with Crippen LogP contribution in [0.4, 0.5) is 10.6 Å². The van der Waals surface area contributed by atoms with E-state index in [1.165, 1.54) is 0 Å². The Morgan fingerprint density at radius 3 is 2.62 bits per heavy atom. The average Bonchev–Trinajstić information content (AvgIpc) is 2.67. The molecule has 1 aliphatic heterocycles. The summed E-state index contributed by atoms with van der Waals surface area (Å²) >= 11 is 0. The van der Waals surface area contributed by atoms with Crippen molar-refractivity contribution in [2.24, 2.45) is 0 Å². The summed E-state index contributed by atoms with van der Waals surface area (Å²) in [5.74, 6) is 1.13. The Kier molecular flexibility index (Phi) is 5.53. The van der Waals surface area contributed by atoms with Crippen molar-refractivity contribution in [3.63, 3.8) is 0 Å². The molecule has 1 amide bonds. The number of nitrogen functional groups attached to an aromatic ring is 1. The van der Waals surface area contributed by atoms with Crippen LogP contribution >= 0.6 is 0 Å².